The Morgan fingerprint density at radius 1 is 1.30 bits per heavy atom. The summed E-state index contributed by atoms with van der Waals surface area (Å²) in [6.07, 6.45) is 6.75. The van der Waals surface area contributed by atoms with Gasteiger partial charge in [-0.1, -0.05) is 39.3 Å². The summed E-state index contributed by atoms with van der Waals surface area (Å²) in [5, 5.41) is 3.11. The summed E-state index contributed by atoms with van der Waals surface area (Å²) in [5.74, 6) is 0.432. The lowest BCUT2D eigenvalue weighted by molar-refractivity contribution is 0.102. The molecule has 3 heteroatoms. The molecule has 0 radical (unpaired) electrons. The molecule has 1 aromatic heterocycles. The Balaban J connectivity index is 1.95. The van der Waals surface area contributed by atoms with E-state index in [0.29, 0.717) is 11.5 Å². The number of rotatable bonds is 4. The van der Waals surface area contributed by atoms with Gasteiger partial charge in [0.1, 0.15) is 0 Å². The maximum Gasteiger partial charge on any atom is 0.257 e. The van der Waals surface area contributed by atoms with Crippen LogP contribution in [0.2, 0.25) is 0 Å². The number of aromatic nitrogens is 1. The van der Waals surface area contributed by atoms with Crippen molar-refractivity contribution in [3.05, 3.63) is 59.4 Å². The Labute approximate surface area is 138 Å². The Morgan fingerprint density at radius 3 is 2.83 bits per heavy atom. The molecule has 1 amide bonds. The number of carbonyl (C=O) groups is 1. The number of fused-ring (bicyclic) bond motifs is 1. The smallest absolute Gasteiger partial charge is 0.257 e. The van der Waals surface area contributed by atoms with E-state index in [1.807, 2.05) is 12.1 Å². The fraction of sp³-hybridized carbons (Fsp3) is 0.400. The molecule has 23 heavy (non-hydrogen) atoms. The number of hydrogen-bond acceptors (Lipinski definition) is 2. The van der Waals surface area contributed by atoms with Crippen molar-refractivity contribution in [2.45, 2.75) is 51.4 Å². The van der Waals surface area contributed by atoms with E-state index in [1.165, 1.54) is 11.1 Å². The van der Waals surface area contributed by atoms with Gasteiger partial charge in [0, 0.05) is 18.1 Å². The van der Waals surface area contributed by atoms with Crippen LogP contribution in [-0.2, 0) is 5.41 Å². The fourth-order valence-corrected chi connectivity index (χ4v) is 3.82. The van der Waals surface area contributed by atoms with Crippen LogP contribution in [0.5, 0.6) is 0 Å². The molecule has 0 fully saturated rings. The number of amides is 1. The molecule has 120 valence electrons. The van der Waals surface area contributed by atoms with E-state index in [0.717, 1.165) is 24.9 Å². The highest BCUT2D eigenvalue weighted by Gasteiger charge is 2.37. The number of hydrogen-bond donors (Lipinski definition) is 1. The zero-order valence-corrected chi connectivity index (χ0v) is 14.1. The molecule has 1 unspecified atom stereocenters. The monoisotopic (exact) mass is 308 g/mol. The molecule has 1 heterocycles. The average Bonchev–Trinajstić information content (AvgIpc) is 2.80. The molecule has 1 aliphatic carbocycles. The highest BCUT2D eigenvalue weighted by molar-refractivity contribution is 6.04. The van der Waals surface area contributed by atoms with E-state index < -0.39 is 0 Å². The largest absolute Gasteiger partial charge is 0.322 e. The summed E-state index contributed by atoms with van der Waals surface area (Å²) < 4.78 is 0. The zero-order valence-electron chi connectivity index (χ0n) is 14.1. The highest BCUT2D eigenvalue weighted by Crippen LogP contribution is 2.50. The molecule has 2 aromatic rings. The summed E-state index contributed by atoms with van der Waals surface area (Å²) in [4.78, 5) is 16.5. The van der Waals surface area contributed by atoms with Crippen LogP contribution in [0.25, 0.3) is 0 Å². The molecule has 1 N–H and O–H groups in total. The molecule has 0 bridgehead atoms. The van der Waals surface area contributed by atoms with Crippen molar-refractivity contribution in [2.24, 2.45) is 0 Å². The van der Waals surface area contributed by atoms with Gasteiger partial charge in [-0.3, -0.25) is 9.78 Å². The SMILES string of the molecule is CCCC1CC(C)(C)c2cccc(NC(=O)c3cccnc3)c21. The van der Waals surface area contributed by atoms with Crippen LogP contribution in [-0.4, -0.2) is 10.9 Å². The molecule has 1 aliphatic rings. The Bertz CT molecular complexity index is 707. The maximum atomic E-state index is 12.5. The lowest BCUT2D eigenvalue weighted by Gasteiger charge is -2.19. The second kappa shape index (κ2) is 6.15. The average molecular weight is 308 g/mol. The van der Waals surface area contributed by atoms with E-state index in [9.17, 15) is 4.79 Å². The van der Waals surface area contributed by atoms with Gasteiger partial charge in [0.2, 0.25) is 0 Å². The van der Waals surface area contributed by atoms with Gasteiger partial charge in [-0.05, 0) is 53.5 Å². The summed E-state index contributed by atoms with van der Waals surface area (Å²) in [7, 11) is 0. The number of carbonyl (C=O) groups excluding carboxylic acids is 1. The minimum Gasteiger partial charge on any atom is -0.322 e. The number of anilines is 1. The predicted octanol–water partition coefficient (Wildman–Crippen LogP) is 4.90. The van der Waals surface area contributed by atoms with Gasteiger partial charge in [-0.2, -0.15) is 0 Å². The second-order valence-electron chi connectivity index (χ2n) is 7.04. The van der Waals surface area contributed by atoms with Crippen molar-refractivity contribution in [1.29, 1.82) is 0 Å². The van der Waals surface area contributed by atoms with Crippen molar-refractivity contribution in [2.75, 3.05) is 5.32 Å². The third kappa shape index (κ3) is 3.00. The van der Waals surface area contributed by atoms with Gasteiger partial charge >= 0.3 is 0 Å². The van der Waals surface area contributed by atoms with Crippen molar-refractivity contribution in [3.8, 4) is 0 Å². The molecule has 3 nitrogen and oxygen atoms in total. The minimum absolute atomic E-state index is 0.0912. The number of benzene rings is 1. The first-order chi connectivity index (χ1) is 11.0. The highest BCUT2D eigenvalue weighted by atomic mass is 16.1. The summed E-state index contributed by atoms with van der Waals surface area (Å²) in [5.41, 5.74) is 4.43. The normalized spacial score (nSPS) is 18.5. The molecule has 0 spiro atoms. The van der Waals surface area contributed by atoms with E-state index in [4.69, 9.17) is 0 Å². The molecule has 3 rings (SSSR count). The summed E-state index contributed by atoms with van der Waals surface area (Å²) >= 11 is 0. The molecule has 0 saturated carbocycles. The van der Waals surface area contributed by atoms with Crippen LogP contribution >= 0.6 is 0 Å². The zero-order chi connectivity index (χ0) is 16.4. The maximum absolute atomic E-state index is 12.5. The first kappa shape index (κ1) is 15.7. The fourth-order valence-electron chi connectivity index (χ4n) is 3.82. The van der Waals surface area contributed by atoms with Crippen LogP contribution in [0.15, 0.2) is 42.7 Å². The van der Waals surface area contributed by atoms with Gasteiger partial charge in [0.05, 0.1) is 5.56 Å². The number of pyridine rings is 1. The summed E-state index contributed by atoms with van der Waals surface area (Å²) in [6.45, 7) is 6.82. The quantitative estimate of drug-likeness (QED) is 0.873. The van der Waals surface area contributed by atoms with Crippen molar-refractivity contribution in [3.63, 3.8) is 0 Å². The van der Waals surface area contributed by atoms with E-state index in [2.05, 4.69) is 37.1 Å². The number of nitrogens with one attached hydrogen (secondary N) is 1. The topological polar surface area (TPSA) is 42.0 Å². The Kier molecular flexibility index (Phi) is 4.20. The van der Waals surface area contributed by atoms with Crippen molar-refractivity contribution in [1.82, 2.24) is 4.98 Å². The van der Waals surface area contributed by atoms with E-state index >= 15 is 0 Å². The first-order valence-corrected chi connectivity index (χ1v) is 8.37. The lowest BCUT2D eigenvalue weighted by Crippen LogP contribution is -2.15. The van der Waals surface area contributed by atoms with Crippen LogP contribution < -0.4 is 5.32 Å². The van der Waals surface area contributed by atoms with Crippen LogP contribution in [0, 0.1) is 0 Å². The predicted molar refractivity (Wildman–Crippen MR) is 93.9 cm³/mol. The standard InChI is InChI=1S/C20H24N2O/c1-4-7-14-12-20(2,3)16-9-5-10-17(18(14)16)22-19(23)15-8-6-11-21-13-15/h5-6,8-11,13-14H,4,7,12H2,1-3H3,(H,22,23). The van der Waals surface area contributed by atoms with Crippen LogP contribution in [0.1, 0.15) is 67.4 Å². The van der Waals surface area contributed by atoms with Crippen molar-refractivity contribution >= 4 is 11.6 Å². The second-order valence-corrected chi connectivity index (χ2v) is 7.04. The van der Waals surface area contributed by atoms with E-state index in [-0.39, 0.29) is 11.3 Å². The first-order valence-electron chi connectivity index (χ1n) is 8.37. The molecule has 1 atom stereocenters. The lowest BCUT2D eigenvalue weighted by atomic mass is 9.85. The molecule has 1 aromatic carbocycles. The van der Waals surface area contributed by atoms with Crippen molar-refractivity contribution < 1.29 is 4.79 Å². The molecule has 0 saturated heterocycles. The van der Waals surface area contributed by atoms with Crippen LogP contribution in [0.3, 0.4) is 0 Å². The third-order valence-electron chi connectivity index (χ3n) is 4.81. The Hall–Kier alpha value is -2.16. The van der Waals surface area contributed by atoms with Gasteiger partial charge in [0.15, 0.2) is 0 Å². The molecular weight excluding hydrogens is 284 g/mol. The van der Waals surface area contributed by atoms with Gasteiger partial charge in [-0.25, -0.2) is 0 Å². The van der Waals surface area contributed by atoms with Gasteiger partial charge in [0.25, 0.3) is 5.91 Å². The Morgan fingerprint density at radius 2 is 2.13 bits per heavy atom. The number of nitrogens with zero attached hydrogens (tertiary/aromatic N) is 1. The van der Waals surface area contributed by atoms with Crippen LogP contribution in [0.4, 0.5) is 5.69 Å². The summed E-state index contributed by atoms with van der Waals surface area (Å²) in [6, 6.07) is 9.86. The molecule has 0 aliphatic heterocycles. The third-order valence-corrected chi connectivity index (χ3v) is 4.81. The van der Waals surface area contributed by atoms with E-state index in [1.54, 1.807) is 24.5 Å². The van der Waals surface area contributed by atoms with Gasteiger partial charge in [-0.15, -0.1) is 0 Å². The molecular formula is C20H24N2O. The van der Waals surface area contributed by atoms with Gasteiger partial charge < -0.3 is 5.32 Å². The minimum atomic E-state index is -0.0912.